The summed E-state index contributed by atoms with van der Waals surface area (Å²) in [7, 11) is -2.70. The summed E-state index contributed by atoms with van der Waals surface area (Å²) in [5, 5.41) is 12.9. The zero-order chi connectivity index (χ0) is 46.2. The van der Waals surface area contributed by atoms with Crippen molar-refractivity contribution in [2.45, 2.75) is 0 Å². The summed E-state index contributed by atoms with van der Waals surface area (Å²) in [6.45, 7) is 0. The summed E-state index contributed by atoms with van der Waals surface area (Å²) in [5.41, 5.74) is 13.0. The Balaban J connectivity index is 0.986. The number of benzene rings is 11. The van der Waals surface area contributed by atoms with Crippen LogP contribution in [0.1, 0.15) is 0 Å². The van der Waals surface area contributed by atoms with Crippen molar-refractivity contribution in [1.82, 2.24) is 13.7 Å². The van der Waals surface area contributed by atoms with E-state index in [0.29, 0.717) is 0 Å². The van der Waals surface area contributed by atoms with Crippen LogP contribution in [-0.4, -0.2) is 21.8 Å². The van der Waals surface area contributed by atoms with E-state index in [2.05, 4.69) is 287 Å². The summed E-state index contributed by atoms with van der Waals surface area (Å²) in [5.74, 6) is 0. The molecule has 3 aromatic heterocycles. The van der Waals surface area contributed by atoms with Gasteiger partial charge in [-0.3, -0.25) is 0 Å². The van der Waals surface area contributed by atoms with E-state index in [-0.39, 0.29) is 0 Å². The molecule has 0 aliphatic carbocycles. The summed E-state index contributed by atoms with van der Waals surface area (Å²) >= 11 is 0. The smallest absolute Gasteiger partial charge is 0.179 e. The van der Waals surface area contributed by atoms with Gasteiger partial charge < -0.3 is 13.7 Å². The second-order valence-corrected chi connectivity index (χ2v) is 22.2. The van der Waals surface area contributed by atoms with Crippen molar-refractivity contribution in [2.24, 2.45) is 0 Å². The largest absolute Gasteiger partial charge is 0.309 e. The number of aromatic nitrogens is 3. The molecule has 14 rings (SSSR count). The molecule has 0 fully saturated rings. The molecule has 3 nitrogen and oxygen atoms in total. The Morgan fingerprint density at radius 2 is 0.543 bits per heavy atom. The Labute approximate surface area is 407 Å². The normalized spacial score (nSPS) is 12.0. The molecule has 0 saturated heterocycles. The number of nitrogens with zero attached hydrogens (tertiary/aromatic N) is 3. The first-order valence-corrected chi connectivity index (χ1v) is 26.2. The lowest BCUT2D eigenvalue weighted by Gasteiger charge is -2.34. The maximum absolute atomic E-state index is 2.70. The van der Waals surface area contributed by atoms with E-state index in [4.69, 9.17) is 0 Å². The molecule has 3 heterocycles. The van der Waals surface area contributed by atoms with Crippen molar-refractivity contribution in [3.8, 4) is 28.2 Å². The second-order valence-electron chi connectivity index (χ2n) is 18.4. The highest BCUT2D eigenvalue weighted by molar-refractivity contribution is 7.19. The first-order valence-electron chi connectivity index (χ1n) is 24.2. The van der Waals surface area contributed by atoms with E-state index in [9.17, 15) is 0 Å². The molecule has 0 unspecified atom stereocenters. The van der Waals surface area contributed by atoms with E-state index in [0.717, 1.165) is 17.1 Å². The van der Waals surface area contributed by atoms with Gasteiger partial charge in [-0.15, -0.1) is 0 Å². The Bertz CT molecular complexity index is 4170. The number of fused-ring (bicyclic) bond motifs is 9. The monoisotopic (exact) mass is 907 g/mol. The van der Waals surface area contributed by atoms with Crippen molar-refractivity contribution in [3.63, 3.8) is 0 Å². The van der Waals surface area contributed by atoms with Crippen molar-refractivity contribution in [1.29, 1.82) is 0 Å². The zero-order valence-corrected chi connectivity index (χ0v) is 39.3. The highest BCUT2D eigenvalue weighted by atomic mass is 28.3. The van der Waals surface area contributed by atoms with Crippen LogP contribution < -0.4 is 20.7 Å². The van der Waals surface area contributed by atoms with Crippen LogP contribution in [-0.2, 0) is 0 Å². The minimum absolute atomic E-state index is 1.14. The molecule has 0 N–H and O–H groups in total. The van der Waals surface area contributed by atoms with E-state index in [1.807, 2.05) is 0 Å². The number of hydrogen-bond acceptors (Lipinski definition) is 0. The molecule has 0 aliphatic rings. The average molecular weight is 908 g/mol. The number of rotatable bonds is 8. The van der Waals surface area contributed by atoms with Gasteiger partial charge in [0, 0.05) is 43.7 Å². The van der Waals surface area contributed by atoms with Crippen LogP contribution in [0.5, 0.6) is 0 Å². The van der Waals surface area contributed by atoms with Crippen LogP contribution in [0.3, 0.4) is 0 Å². The van der Waals surface area contributed by atoms with Gasteiger partial charge in [0.15, 0.2) is 8.07 Å². The molecule has 0 atom stereocenters. The van der Waals surface area contributed by atoms with E-state index < -0.39 is 8.07 Å². The van der Waals surface area contributed by atoms with Crippen LogP contribution in [0.15, 0.2) is 273 Å². The third-order valence-electron chi connectivity index (χ3n) is 14.8. The van der Waals surface area contributed by atoms with Gasteiger partial charge in [-0.2, -0.15) is 0 Å². The lowest BCUT2D eigenvalue weighted by molar-refractivity contribution is 1.17. The Kier molecular flexibility index (Phi) is 9.23. The molecule has 0 bridgehead atoms. The molecule has 0 saturated carbocycles. The predicted molar refractivity (Wildman–Crippen MR) is 299 cm³/mol. The van der Waals surface area contributed by atoms with Crippen molar-refractivity contribution >= 4 is 94.2 Å². The van der Waals surface area contributed by atoms with Gasteiger partial charge in [0.2, 0.25) is 0 Å². The summed E-state index contributed by atoms with van der Waals surface area (Å²) in [4.78, 5) is 0. The SMILES string of the molecule is c1ccc(-n2c3ccccc3c3c(-c4cccc5c4c4ccccc4n5-c4cccc5c4c4ccccc4n5-c4ccc([Si](c5ccccc5)(c5ccccc5)c5ccccc5)cc4)cccc32)cc1. The van der Waals surface area contributed by atoms with Crippen LogP contribution in [0, 0.1) is 0 Å². The maximum Gasteiger partial charge on any atom is 0.179 e. The minimum Gasteiger partial charge on any atom is -0.309 e. The van der Waals surface area contributed by atoms with Gasteiger partial charge in [-0.1, -0.05) is 206 Å². The molecule has 70 heavy (non-hydrogen) atoms. The van der Waals surface area contributed by atoms with Crippen molar-refractivity contribution < 1.29 is 0 Å². The zero-order valence-electron chi connectivity index (χ0n) is 38.3. The fourth-order valence-electron chi connectivity index (χ4n) is 12.0. The first kappa shape index (κ1) is 40.1. The number of para-hydroxylation sites is 4. The van der Waals surface area contributed by atoms with Crippen molar-refractivity contribution in [2.75, 3.05) is 0 Å². The highest BCUT2D eigenvalue weighted by Crippen LogP contribution is 2.45. The van der Waals surface area contributed by atoms with Crippen LogP contribution in [0.25, 0.3) is 93.6 Å². The third-order valence-corrected chi connectivity index (χ3v) is 19.6. The molecular formula is C66H45N3Si. The van der Waals surface area contributed by atoms with Gasteiger partial charge in [0.1, 0.15) is 0 Å². The highest BCUT2D eigenvalue weighted by Gasteiger charge is 2.41. The molecule has 4 heteroatoms. The Hall–Kier alpha value is -8.96. The Morgan fingerprint density at radius 3 is 1.03 bits per heavy atom. The molecule has 11 aromatic carbocycles. The summed E-state index contributed by atoms with van der Waals surface area (Å²) in [6.07, 6.45) is 0. The fraction of sp³-hybridized carbons (Fsp3) is 0. The molecule has 0 amide bonds. The summed E-state index contributed by atoms with van der Waals surface area (Å²) < 4.78 is 7.40. The predicted octanol–water partition coefficient (Wildman–Crippen LogP) is 14.0. The molecular weight excluding hydrogens is 863 g/mol. The quantitative estimate of drug-likeness (QED) is 0.107. The number of hydrogen-bond donors (Lipinski definition) is 0. The van der Waals surface area contributed by atoms with E-state index in [1.54, 1.807) is 0 Å². The average Bonchev–Trinajstić information content (AvgIpc) is 4.09. The fourth-order valence-corrected chi connectivity index (χ4v) is 16.7. The van der Waals surface area contributed by atoms with E-state index in [1.165, 1.54) is 97.3 Å². The first-order chi connectivity index (χ1) is 34.8. The van der Waals surface area contributed by atoms with Crippen molar-refractivity contribution in [3.05, 3.63) is 273 Å². The molecule has 0 radical (unpaired) electrons. The molecule has 14 aromatic rings. The van der Waals surface area contributed by atoms with Gasteiger partial charge in [-0.05, 0) is 98.6 Å². The summed E-state index contributed by atoms with van der Waals surface area (Å²) in [6, 6.07) is 101. The van der Waals surface area contributed by atoms with Gasteiger partial charge in [0.25, 0.3) is 0 Å². The third kappa shape index (κ3) is 5.87. The van der Waals surface area contributed by atoms with Gasteiger partial charge >= 0.3 is 0 Å². The standard InChI is InChI=1S/C66H45N3Si/c1-5-22-46(23-6-1)67-57-35-16-13-30-54(57)64-52(33-19-38-60(64)67)53-34-20-39-61-65(53)55-31-14-18-37-59(55)69(61)63-41-21-40-62-66(63)56-32-15-17-36-58(56)68(62)47-42-44-51(45-43-47)70(48-24-7-2-8-25-48,49-26-9-3-10-27-49)50-28-11-4-12-29-50/h1-45H. The lowest BCUT2D eigenvalue weighted by atomic mass is 9.95. The topological polar surface area (TPSA) is 14.8 Å². The van der Waals surface area contributed by atoms with E-state index >= 15 is 0 Å². The van der Waals surface area contributed by atoms with Crippen LogP contribution >= 0.6 is 0 Å². The lowest BCUT2D eigenvalue weighted by Crippen LogP contribution is -2.74. The molecule has 328 valence electrons. The van der Waals surface area contributed by atoms with Crippen LogP contribution in [0.4, 0.5) is 0 Å². The van der Waals surface area contributed by atoms with Gasteiger partial charge in [0.05, 0.1) is 38.8 Å². The Morgan fingerprint density at radius 1 is 0.214 bits per heavy atom. The maximum atomic E-state index is 2.52. The molecule has 0 aliphatic heterocycles. The minimum atomic E-state index is -2.70. The molecule has 0 spiro atoms. The second kappa shape index (κ2) is 16.1. The van der Waals surface area contributed by atoms with Crippen LogP contribution in [0.2, 0.25) is 0 Å². The van der Waals surface area contributed by atoms with Gasteiger partial charge in [-0.25, -0.2) is 0 Å².